The minimum absolute atomic E-state index is 0.0895. The number of amides is 1. The van der Waals surface area contributed by atoms with Crippen LogP contribution in [0, 0.1) is 5.82 Å². The first-order valence-electron chi connectivity index (χ1n) is 6.12. The maximum absolute atomic E-state index is 13.2. The van der Waals surface area contributed by atoms with Crippen LogP contribution in [0.25, 0.3) is 0 Å². The second-order valence-corrected chi connectivity index (χ2v) is 5.65. The molecule has 2 rings (SSSR count). The molecule has 0 aliphatic rings. The standard InChI is InChI=1S/C13H13BrClFN4O/c1-3-9-10(17)12(20(2)19-9)13(21)18-11-7(14)4-6(16)5-8(11)15/h4-5H,3,17H2,1-2H3,(H,18,21). The van der Waals surface area contributed by atoms with Crippen LogP contribution < -0.4 is 11.1 Å². The lowest BCUT2D eigenvalue weighted by Crippen LogP contribution is -2.18. The number of carbonyl (C=O) groups is 1. The minimum atomic E-state index is -0.502. The Hall–Kier alpha value is -1.60. The molecule has 0 aliphatic carbocycles. The molecule has 8 heteroatoms. The predicted octanol–water partition coefficient (Wildman–Crippen LogP) is 3.37. The summed E-state index contributed by atoms with van der Waals surface area (Å²) in [5.74, 6) is -0.963. The van der Waals surface area contributed by atoms with Crippen molar-refractivity contribution in [2.75, 3.05) is 11.1 Å². The van der Waals surface area contributed by atoms with Crippen LogP contribution in [0.2, 0.25) is 5.02 Å². The summed E-state index contributed by atoms with van der Waals surface area (Å²) in [6.45, 7) is 1.90. The first-order chi connectivity index (χ1) is 9.85. The Morgan fingerprint density at radius 2 is 2.24 bits per heavy atom. The zero-order chi connectivity index (χ0) is 15.7. The average Bonchev–Trinajstić information content (AvgIpc) is 2.68. The normalized spacial score (nSPS) is 10.7. The van der Waals surface area contributed by atoms with Gasteiger partial charge in [-0.1, -0.05) is 18.5 Å². The smallest absolute Gasteiger partial charge is 0.276 e. The predicted molar refractivity (Wildman–Crippen MR) is 84.1 cm³/mol. The number of aromatic nitrogens is 2. The molecule has 5 nitrogen and oxygen atoms in total. The summed E-state index contributed by atoms with van der Waals surface area (Å²) in [5, 5.41) is 6.88. The van der Waals surface area contributed by atoms with Crippen molar-refractivity contribution in [3.05, 3.63) is 38.8 Å². The van der Waals surface area contributed by atoms with Gasteiger partial charge in [-0.3, -0.25) is 9.48 Å². The number of anilines is 2. The van der Waals surface area contributed by atoms with Crippen LogP contribution in [0.3, 0.4) is 0 Å². The van der Waals surface area contributed by atoms with E-state index < -0.39 is 11.7 Å². The van der Waals surface area contributed by atoms with Gasteiger partial charge in [-0.2, -0.15) is 5.10 Å². The Labute approximate surface area is 134 Å². The SMILES string of the molecule is CCc1nn(C)c(C(=O)Nc2c(Cl)cc(F)cc2Br)c1N. The van der Waals surface area contributed by atoms with Gasteiger partial charge in [0, 0.05) is 11.5 Å². The van der Waals surface area contributed by atoms with Crippen LogP contribution in [-0.4, -0.2) is 15.7 Å². The lowest BCUT2D eigenvalue weighted by Gasteiger charge is -2.10. The van der Waals surface area contributed by atoms with Gasteiger partial charge in [0.2, 0.25) is 0 Å². The van der Waals surface area contributed by atoms with Crippen molar-refractivity contribution in [3.63, 3.8) is 0 Å². The second kappa shape index (κ2) is 6.03. The van der Waals surface area contributed by atoms with E-state index in [0.29, 0.717) is 22.3 Å². The number of hydrogen-bond acceptors (Lipinski definition) is 3. The van der Waals surface area contributed by atoms with Gasteiger partial charge >= 0.3 is 0 Å². The highest BCUT2D eigenvalue weighted by Gasteiger charge is 2.21. The molecular weight excluding hydrogens is 363 g/mol. The number of nitrogens with two attached hydrogens (primary N) is 1. The van der Waals surface area contributed by atoms with E-state index in [1.807, 2.05) is 6.92 Å². The van der Waals surface area contributed by atoms with E-state index in [2.05, 4.69) is 26.3 Å². The average molecular weight is 376 g/mol. The summed E-state index contributed by atoms with van der Waals surface area (Å²) < 4.78 is 14.9. The van der Waals surface area contributed by atoms with E-state index in [0.717, 1.165) is 6.07 Å². The van der Waals surface area contributed by atoms with Gasteiger partial charge in [-0.15, -0.1) is 0 Å². The van der Waals surface area contributed by atoms with Crippen LogP contribution in [-0.2, 0) is 13.5 Å². The van der Waals surface area contributed by atoms with E-state index in [4.69, 9.17) is 17.3 Å². The molecule has 0 unspecified atom stereocenters. The quantitative estimate of drug-likeness (QED) is 0.864. The minimum Gasteiger partial charge on any atom is -0.395 e. The van der Waals surface area contributed by atoms with Crippen LogP contribution >= 0.6 is 27.5 Å². The number of hydrogen-bond donors (Lipinski definition) is 2. The fraction of sp³-hybridized carbons (Fsp3) is 0.231. The molecular formula is C13H13BrClFN4O. The highest BCUT2D eigenvalue weighted by Crippen LogP contribution is 2.32. The van der Waals surface area contributed by atoms with Crippen molar-refractivity contribution in [1.82, 2.24) is 9.78 Å². The monoisotopic (exact) mass is 374 g/mol. The van der Waals surface area contributed by atoms with Gasteiger partial charge < -0.3 is 11.1 Å². The maximum Gasteiger partial charge on any atom is 0.276 e. The molecule has 1 amide bonds. The third kappa shape index (κ3) is 3.03. The van der Waals surface area contributed by atoms with Crippen molar-refractivity contribution in [2.24, 2.45) is 7.05 Å². The fourth-order valence-corrected chi connectivity index (χ4v) is 2.86. The number of nitrogen functional groups attached to an aromatic ring is 1. The first-order valence-corrected chi connectivity index (χ1v) is 7.29. The van der Waals surface area contributed by atoms with E-state index >= 15 is 0 Å². The molecule has 21 heavy (non-hydrogen) atoms. The molecule has 0 atom stereocenters. The molecule has 0 saturated carbocycles. The molecule has 0 spiro atoms. The summed E-state index contributed by atoms with van der Waals surface area (Å²) in [6, 6.07) is 2.33. The fourth-order valence-electron chi connectivity index (χ4n) is 1.96. The number of rotatable bonds is 3. The van der Waals surface area contributed by atoms with Crippen LogP contribution in [0.15, 0.2) is 16.6 Å². The Morgan fingerprint density at radius 3 is 2.76 bits per heavy atom. The van der Waals surface area contributed by atoms with Gasteiger partial charge in [-0.25, -0.2) is 4.39 Å². The van der Waals surface area contributed by atoms with E-state index in [-0.39, 0.29) is 16.4 Å². The number of halogens is 3. The van der Waals surface area contributed by atoms with Crippen molar-refractivity contribution >= 4 is 44.8 Å². The molecule has 0 fully saturated rings. The summed E-state index contributed by atoms with van der Waals surface area (Å²) >= 11 is 9.10. The van der Waals surface area contributed by atoms with E-state index in [1.54, 1.807) is 7.05 Å². The largest absolute Gasteiger partial charge is 0.395 e. The molecule has 1 aromatic heterocycles. The van der Waals surface area contributed by atoms with Gasteiger partial charge in [0.05, 0.1) is 22.1 Å². The molecule has 0 saturated heterocycles. The molecule has 3 N–H and O–H groups in total. The number of aryl methyl sites for hydroxylation is 2. The van der Waals surface area contributed by atoms with Crippen LogP contribution in [0.4, 0.5) is 15.8 Å². The van der Waals surface area contributed by atoms with E-state index in [1.165, 1.54) is 10.7 Å². The molecule has 1 heterocycles. The van der Waals surface area contributed by atoms with Crippen molar-refractivity contribution in [1.29, 1.82) is 0 Å². The van der Waals surface area contributed by atoms with Crippen molar-refractivity contribution < 1.29 is 9.18 Å². The molecule has 0 radical (unpaired) electrons. The molecule has 0 bridgehead atoms. The maximum atomic E-state index is 13.2. The molecule has 1 aromatic carbocycles. The Bertz CT molecular complexity index is 693. The summed E-state index contributed by atoms with van der Waals surface area (Å²) in [7, 11) is 1.63. The number of carbonyl (C=O) groups excluding carboxylic acids is 1. The number of benzene rings is 1. The molecule has 112 valence electrons. The Balaban J connectivity index is 2.37. The summed E-state index contributed by atoms with van der Waals surface area (Å²) in [4.78, 5) is 12.3. The van der Waals surface area contributed by atoms with Crippen LogP contribution in [0.5, 0.6) is 0 Å². The third-order valence-electron chi connectivity index (χ3n) is 2.96. The van der Waals surface area contributed by atoms with E-state index in [9.17, 15) is 9.18 Å². The Kier molecular flexibility index (Phi) is 4.53. The Morgan fingerprint density at radius 1 is 1.57 bits per heavy atom. The van der Waals surface area contributed by atoms with Gasteiger partial charge in [0.25, 0.3) is 5.91 Å². The first kappa shape index (κ1) is 15.8. The van der Waals surface area contributed by atoms with Gasteiger partial charge in [0.15, 0.2) is 0 Å². The van der Waals surface area contributed by atoms with Crippen molar-refractivity contribution in [3.8, 4) is 0 Å². The lowest BCUT2D eigenvalue weighted by atomic mass is 10.2. The molecule has 0 aliphatic heterocycles. The zero-order valence-electron chi connectivity index (χ0n) is 11.4. The number of nitrogens with one attached hydrogen (secondary N) is 1. The van der Waals surface area contributed by atoms with Crippen LogP contribution in [0.1, 0.15) is 23.1 Å². The summed E-state index contributed by atoms with van der Waals surface area (Å²) in [6.07, 6.45) is 0.619. The topological polar surface area (TPSA) is 72.9 Å². The zero-order valence-corrected chi connectivity index (χ0v) is 13.7. The lowest BCUT2D eigenvalue weighted by molar-refractivity contribution is 0.101. The highest BCUT2D eigenvalue weighted by molar-refractivity contribution is 9.10. The third-order valence-corrected chi connectivity index (χ3v) is 3.88. The number of nitrogens with zero attached hydrogens (tertiary/aromatic N) is 2. The molecule has 2 aromatic rings. The van der Waals surface area contributed by atoms with Crippen molar-refractivity contribution in [2.45, 2.75) is 13.3 Å². The second-order valence-electron chi connectivity index (χ2n) is 4.38. The van der Waals surface area contributed by atoms with Gasteiger partial charge in [-0.05, 0) is 34.5 Å². The van der Waals surface area contributed by atoms with Gasteiger partial charge in [0.1, 0.15) is 11.5 Å². The summed E-state index contributed by atoms with van der Waals surface area (Å²) in [5.41, 5.74) is 7.41. The highest BCUT2D eigenvalue weighted by atomic mass is 79.9.